The molecule has 0 radical (unpaired) electrons. The number of rotatable bonds is 6. The molecule has 0 bridgehead atoms. The Morgan fingerprint density at radius 2 is 1.60 bits per heavy atom. The van der Waals surface area contributed by atoms with Crippen molar-refractivity contribution in [1.29, 1.82) is 0 Å². The second-order valence-electron chi connectivity index (χ2n) is 7.96. The van der Waals surface area contributed by atoms with Crippen LogP contribution in [0.4, 0.5) is 5.69 Å². The van der Waals surface area contributed by atoms with Gasteiger partial charge in [0.15, 0.2) is 6.61 Å². The van der Waals surface area contributed by atoms with E-state index in [1.54, 1.807) is 42.5 Å². The molecule has 1 aliphatic heterocycles. The molecule has 3 aromatic carbocycles. The summed E-state index contributed by atoms with van der Waals surface area (Å²) in [4.78, 5) is 36.3. The third kappa shape index (κ3) is 5.17. The van der Waals surface area contributed by atoms with Crippen molar-refractivity contribution in [3.63, 3.8) is 0 Å². The number of carbonyl (C=O) groups is 3. The molecule has 180 valence electrons. The van der Waals surface area contributed by atoms with Crippen molar-refractivity contribution in [2.45, 2.75) is 24.3 Å². The first-order valence-corrected chi connectivity index (χ1v) is 12.2. The molecule has 2 N–H and O–H groups in total. The van der Waals surface area contributed by atoms with E-state index in [-0.39, 0.29) is 16.5 Å². The summed E-state index contributed by atoms with van der Waals surface area (Å²) >= 11 is 0. The fourth-order valence-corrected chi connectivity index (χ4v) is 5.58. The molecule has 0 fully saturated rings. The molecule has 0 spiro atoms. The maximum absolute atomic E-state index is 13.4. The Labute approximate surface area is 202 Å². The summed E-state index contributed by atoms with van der Waals surface area (Å²) < 4.78 is 33.1. The number of sulfonamides is 1. The predicted octanol–water partition coefficient (Wildman–Crippen LogP) is 2.44. The van der Waals surface area contributed by atoms with Crippen LogP contribution in [-0.4, -0.2) is 38.9 Å². The minimum Gasteiger partial charge on any atom is -0.452 e. The number of fused-ring (bicyclic) bond motifs is 1. The van der Waals surface area contributed by atoms with E-state index in [1.165, 1.54) is 28.6 Å². The lowest BCUT2D eigenvalue weighted by Crippen LogP contribution is -2.43. The number of hydrogen-bond acceptors (Lipinski definition) is 6. The van der Waals surface area contributed by atoms with Crippen LogP contribution in [0.2, 0.25) is 0 Å². The number of hydrogen-bond donors (Lipinski definition) is 2. The highest BCUT2D eigenvalue weighted by atomic mass is 32.2. The fourth-order valence-electron chi connectivity index (χ4n) is 3.84. The van der Waals surface area contributed by atoms with Gasteiger partial charge >= 0.3 is 5.97 Å². The number of benzene rings is 3. The number of nitrogens with zero attached hydrogens (tertiary/aromatic N) is 1. The lowest BCUT2D eigenvalue weighted by Gasteiger charge is -2.24. The molecular weight excluding hydrogens is 470 g/mol. The van der Waals surface area contributed by atoms with Crippen LogP contribution in [0.25, 0.3) is 0 Å². The minimum absolute atomic E-state index is 0.0210. The van der Waals surface area contributed by atoms with Crippen LogP contribution in [0.1, 0.15) is 33.2 Å². The highest BCUT2D eigenvalue weighted by Gasteiger charge is 2.36. The Bertz CT molecular complexity index is 1370. The molecule has 10 heteroatoms. The van der Waals surface area contributed by atoms with Gasteiger partial charge in [0.25, 0.3) is 21.8 Å². The van der Waals surface area contributed by atoms with Crippen LogP contribution in [0.3, 0.4) is 0 Å². The second kappa shape index (κ2) is 9.98. The molecule has 1 unspecified atom stereocenters. The zero-order valence-electron chi connectivity index (χ0n) is 18.8. The highest BCUT2D eigenvalue weighted by Crippen LogP contribution is 2.36. The SMILES string of the molecule is CC1Cc2ccccc2N1S(=O)(=O)c1cccc(C(=O)OCC(=O)NNC(=O)c2ccccc2)c1. The molecule has 0 aromatic heterocycles. The minimum atomic E-state index is -3.93. The molecular formula is C25H23N3O6S. The maximum atomic E-state index is 13.4. The summed E-state index contributed by atoms with van der Waals surface area (Å²) in [5, 5.41) is 0. The Kier molecular flexibility index (Phi) is 6.83. The van der Waals surface area contributed by atoms with Gasteiger partial charge in [-0.3, -0.25) is 24.7 Å². The predicted molar refractivity (Wildman–Crippen MR) is 128 cm³/mol. The molecule has 9 nitrogen and oxygen atoms in total. The van der Waals surface area contributed by atoms with Gasteiger partial charge in [-0.25, -0.2) is 13.2 Å². The first kappa shape index (κ1) is 24.0. The van der Waals surface area contributed by atoms with E-state index in [2.05, 4.69) is 10.9 Å². The van der Waals surface area contributed by atoms with Gasteiger partial charge in [-0.1, -0.05) is 42.5 Å². The lowest BCUT2D eigenvalue weighted by molar-refractivity contribution is -0.125. The van der Waals surface area contributed by atoms with Crippen molar-refractivity contribution >= 4 is 33.5 Å². The Morgan fingerprint density at radius 1 is 0.914 bits per heavy atom. The fraction of sp³-hybridized carbons (Fsp3) is 0.160. The van der Waals surface area contributed by atoms with Crippen LogP contribution in [0.5, 0.6) is 0 Å². The van der Waals surface area contributed by atoms with Gasteiger partial charge in [0.2, 0.25) is 0 Å². The van der Waals surface area contributed by atoms with Crippen molar-refractivity contribution < 1.29 is 27.5 Å². The van der Waals surface area contributed by atoms with Crippen LogP contribution in [-0.2, 0) is 26.0 Å². The summed E-state index contributed by atoms with van der Waals surface area (Å²) in [5.74, 6) is -2.16. The monoisotopic (exact) mass is 493 g/mol. The third-order valence-electron chi connectivity index (χ3n) is 5.46. The first-order chi connectivity index (χ1) is 16.8. The molecule has 2 amide bonds. The van der Waals surface area contributed by atoms with Crippen molar-refractivity contribution in [3.8, 4) is 0 Å². The molecule has 3 aromatic rings. The molecule has 1 heterocycles. The number of hydrazine groups is 1. The van der Waals surface area contributed by atoms with Crippen LogP contribution >= 0.6 is 0 Å². The van der Waals surface area contributed by atoms with E-state index in [1.807, 2.05) is 19.1 Å². The van der Waals surface area contributed by atoms with Crippen molar-refractivity contribution in [2.24, 2.45) is 0 Å². The zero-order chi connectivity index (χ0) is 25.0. The summed E-state index contributed by atoms with van der Waals surface area (Å²) in [6.45, 7) is 1.16. The zero-order valence-corrected chi connectivity index (χ0v) is 19.6. The van der Waals surface area contributed by atoms with E-state index < -0.39 is 34.4 Å². The number of anilines is 1. The summed E-state index contributed by atoms with van der Waals surface area (Å²) in [6, 6.07) is 20.7. The molecule has 35 heavy (non-hydrogen) atoms. The van der Waals surface area contributed by atoms with Crippen LogP contribution < -0.4 is 15.2 Å². The van der Waals surface area contributed by atoms with Gasteiger partial charge in [0, 0.05) is 11.6 Å². The van der Waals surface area contributed by atoms with E-state index >= 15 is 0 Å². The van der Waals surface area contributed by atoms with Crippen molar-refractivity contribution in [1.82, 2.24) is 10.9 Å². The van der Waals surface area contributed by atoms with Crippen LogP contribution in [0.15, 0.2) is 83.8 Å². The molecule has 0 aliphatic carbocycles. The molecule has 1 atom stereocenters. The summed E-state index contributed by atoms with van der Waals surface area (Å²) in [5.41, 5.74) is 6.25. The molecule has 0 saturated heterocycles. The number of ether oxygens (including phenoxy) is 1. The quantitative estimate of drug-likeness (QED) is 0.402. The van der Waals surface area contributed by atoms with Gasteiger partial charge in [-0.2, -0.15) is 0 Å². The normalized spacial score (nSPS) is 14.7. The highest BCUT2D eigenvalue weighted by molar-refractivity contribution is 7.92. The molecule has 4 rings (SSSR count). The second-order valence-corrected chi connectivity index (χ2v) is 9.77. The maximum Gasteiger partial charge on any atom is 0.338 e. The average Bonchev–Trinajstić information content (AvgIpc) is 3.22. The molecule has 1 aliphatic rings. The summed E-state index contributed by atoms with van der Waals surface area (Å²) in [7, 11) is -3.93. The molecule has 0 saturated carbocycles. The Hall–Kier alpha value is -4.18. The van der Waals surface area contributed by atoms with Crippen LogP contribution in [0, 0.1) is 0 Å². The lowest BCUT2D eigenvalue weighted by atomic mass is 10.1. The smallest absolute Gasteiger partial charge is 0.338 e. The average molecular weight is 494 g/mol. The van der Waals surface area contributed by atoms with Crippen molar-refractivity contribution in [2.75, 3.05) is 10.9 Å². The number of esters is 1. The van der Waals surface area contributed by atoms with Gasteiger partial charge < -0.3 is 4.74 Å². The number of amides is 2. The van der Waals surface area contributed by atoms with Gasteiger partial charge in [0.05, 0.1) is 16.1 Å². The van der Waals surface area contributed by atoms with E-state index in [9.17, 15) is 22.8 Å². The van der Waals surface area contributed by atoms with Gasteiger partial charge in [0.1, 0.15) is 0 Å². The summed E-state index contributed by atoms with van der Waals surface area (Å²) in [6.07, 6.45) is 0.590. The third-order valence-corrected chi connectivity index (χ3v) is 7.38. The number of carbonyl (C=O) groups excluding carboxylic acids is 3. The van der Waals surface area contributed by atoms with E-state index in [4.69, 9.17) is 4.74 Å². The Morgan fingerprint density at radius 3 is 2.37 bits per heavy atom. The number of nitrogens with one attached hydrogen (secondary N) is 2. The van der Waals surface area contributed by atoms with Gasteiger partial charge in [-0.15, -0.1) is 0 Å². The standard InChI is InChI=1S/C25H23N3O6S/c1-17-14-19-10-5-6-13-22(19)28(17)35(32,33)21-12-7-11-20(15-21)25(31)34-16-23(29)26-27-24(30)18-8-3-2-4-9-18/h2-13,15,17H,14,16H2,1H3,(H,26,29)(H,27,30). The Balaban J connectivity index is 1.39. The van der Waals surface area contributed by atoms with Gasteiger partial charge in [-0.05, 0) is 55.3 Å². The van der Waals surface area contributed by atoms with Crippen molar-refractivity contribution in [3.05, 3.63) is 95.6 Å². The largest absolute Gasteiger partial charge is 0.452 e. The first-order valence-electron chi connectivity index (χ1n) is 10.8. The number of para-hydroxylation sites is 1. The van der Waals surface area contributed by atoms with E-state index in [0.717, 1.165) is 5.56 Å². The van der Waals surface area contributed by atoms with E-state index in [0.29, 0.717) is 17.7 Å². The topological polar surface area (TPSA) is 122 Å².